The van der Waals surface area contributed by atoms with Crippen LogP contribution in [0, 0.1) is 5.82 Å². The maximum absolute atomic E-state index is 13.9. The highest BCUT2D eigenvalue weighted by atomic mass is 19.1. The molecule has 0 aliphatic rings. The average molecular weight is 338 g/mol. The van der Waals surface area contributed by atoms with Gasteiger partial charge in [-0.05, 0) is 42.0 Å². The van der Waals surface area contributed by atoms with Gasteiger partial charge in [-0.3, -0.25) is 0 Å². The predicted octanol–water partition coefficient (Wildman–Crippen LogP) is 4.90. The molecule has 3 aromatic rings. The lowest BCUT2D eigenvalue weighted by Gasteiger charge is -2.11. The number of hydrogen-bond acceptors (Lipinski definition) is 3. The number of hydrogen-bond donors (Lipinski definition) is 1. The molecule has 5 heteroatoms. The van der Waals surface area contributed by atoms with Gasteiger partial charge in [-0.15, -0.1) is 0 Å². The lowest BCUT2D eigenvalue weighted by atomic mass is 10.2. The third-order valence-corrected chi connectivity index (χ3v) is 3.49. The Balaban J connectivity index is 1.70. The van der Waals surface area contributed by atoms with Gasteiger partial charge in [0, 0.05) is 0 Å². The fourth-order valence-corrected chi connectivity index (χ4v) is 2.24. The van der Waals surface area contributed by atoms with Crippen LogP contribution in [0.3, 0.4) is 0 Å². The van der Waals surface area contributed by atoms with E-state index >= 15 is 0 Å². The fraction of sp³-hybridized carbons (Fsp3) is 0.0500. The molecule has 0 unspecified atom stereocenters. The van der Waals surface area contributed by atoms with Crippen LogP contribution in [0.15, 0.2) is 72.8 Å². The van der Waals surface area contributed by atoms with Gasteiger partial charge in [0.2, 0.25) is 0 Å². The molecule has 3 aromatic carbocycles. The molecule has 0 saturated carbocycles. The molecule has 0 aromatic heterocycles. The van der Waals surface area contributed by atoms with E-state index in [4.69, 9.17) is 14.6 Å². The minimum Gasteiger partial charge on any atom is -0.489 e. The van der Waals surface area contributed by atoms with E-state index < -0.39 is 11.8 Å². The van der Waals surface area contributed by atoms with Gasteiger partial charge in [-0.1, -0.05) is 36.4 Å². The summed E-state index contributed by atoms with van der Waals surface area (Å²) in [6, 6.07) is 20.0. The van der Waals surface area contributed by atoms with E-state index in [2.05, 4.69) is 0 Å². The van der Waals surface area contributed by atoms with Gasteiger partial charge < -0.3 is 14.6 Å². The van der Waals surface area contributed by atoms with Crippen LogP contribution >= 0.6 is 0 Å². The average Bonchev–Trinajstić information content (AvgIpc) is 2.63. The second kappa shape index (κ2) is 7.49. The van der Waals surface area contributed by atoms with Crippen LogP contribution in [-0.4, -0.2) is 11.1 Å². The summed E-state index contributed by atoms with van der Waals surface area (Å²) < 4.78 is 24.9. The standard InChI is InChI=1S/C20H15FO4/c21-18-8-4-7-17(20(22)23)19(18)25-16-11-9-15(10-12-16)24-13-14-5-2-1-3-6-14/h1-12H,13H2,(H,22,23). The molecular weight excluding hydrogens is 323 g/mol. The summed E-state index contributed by atoms with van der Waals surface area (Å²) in [4.78, 5) is 11.2. The van der Waals surface area contributed by atoms with E-state index in [0.29, 0.717) is 18.1 Å². The van der Waals surface area contributed by atoms with Crippen molar-refractivity contribution in [1.82, 2.24) is 0 Å². The zero-order valence-electron chi connectivity index (χ0n) is 13.2. The molecular formula is C20H15FO4. The smallest absolute Gasteiger partial charge is 0.339 e. The van der Waals surface area contributed by atoms with Crippen molar-refractivity contribution in [2.24, 2.45) is 0 Å². The Kier molecular flexibility index (Phi) is 4.95. The predicted molar refractivity (Wildman–Crippen MR) is 90.6 cm³/mol. The van der Waals surface area contributed by atoms with Gasteiger partial charge >= 0.3 is 5.97 Å². The molecule has 3 rings (SSSR count). The summed E-state index contributed by atoms with van der Waals surface area (Å²) in [7, 11) is 0. The van der Waals surface area contributed by atoms with Crippen LogP contribution in [0.4, 0.5) is 4.39 Å². The van der Waals surface area contributed by atoms with Gasteiger partial charge in [0.1, 0.15) is 23.7 Å². The van der Waals surface area contributed by atoms with Crippen molar-refractivity contribution in [2.45, 2.75) is 6.61 Å². The molecule has 0 heterocycles. The molecule has 0 radical (unpaired) electrons. The van der Waals surface area contributed by atoms with Gasteiger partial charge in [-0.25, -0.2) is 9.18 Å². The first-order chi connectivity index (χ1) is 12.1. The first kappa shape index (κ1) is 16.5. The molecule has 0 aliphatic heterocycles. The van der Waals surface area contributed by atoms with Crippen LogP contribution in [0.1, 0.15) is 15.9 Å². The van der Waals surface area contributed by atoms with E-state index in [9.17, 15) is 9.18 Å². The summed E-state index contributed by atoms with van der Waals surface area (Å²) in [6.07, 6.45) is 0. The Morgan fingerprint density at radius 3 is 2.24 bits per heavy atom. The number of carbonyl (C=O) groups is 1. The SMILES string of the molecule is O=C(O)c1cccc(F)c1Oc1ccc(OCc2ccccc2)cc1. The number of halogens is 1. The van der Waals surface area contributed by atoms with Crippen LogP contribution in [0.25, 0.3) is 0 Å². The van der Waals surface area contributed by atoms with Crippen LogP contribution in [0.2, 0.25) is 0 Å². The molecule has 0 amide bonds. The number of benzene rings is 3. The minimum atomic E-state index is -1.25. The molecule has 25 heavy (non-hydrogen) atoms. The summed E-state index contributed by atoms with van der Waals surface area (Å²) >= 11 is 0. The summed E-state index contributed by atoms with van der Waals surface area (Å²) in [5.41, 5.74) is 0.810. The third kappa shape index (κ3) is 4.14. The van der Waals surface area contributed by atoms with E-state index in [1.54, 1.807) is 24.3 Å². The van der Waals surface area contributed by atoms with E-state index in [1.165, 1.54) is 12.1 Å². The maximum atomic E-state index is 13.9. The topological polar surface area (TPSA) is 55.8 Å². The van der Waals surface area contributed by atoms with Crippen molar-refractivity contribution in [2.75, 3.05) is 0 Å². The van der Waals surface area contributed by atoms with Crippen molar-refractivity contribution in [3.8, 4) is 17.2 Å². The summed E-state index contributed by atoms with van der Waals surface area (Å²) in [5, 5.41) is 9.12. The van der Waals surface area contributed by atoms with Crippen LogP contribution in [0.5, 0.6) is 17.2 Å². The molecule has 4 nitrogen and oxygen atoms in total. The number of aromatic carboxylic acids is 1. The highest BCUT2D eigenvalue weighted by molar-refractivity contribution is 5.91. The van der Waals surface area contributed by atoms with Crippen molar-refractivity contribution in [1.29, 1.82) is 0 Å². The lowest BCUT2D eigenvalue weighted by molar-refractivity contribution is 0.0693. The molecule has 0 atom stereocenters. The number of carboxylic acid groups (broad SMARTS) is 1. The molecule has 0 saturated heterocycles. The normalized spacial score (nSPS) is 10.3. The van der Waals surface area contributed by atoms with Crippen molar-refractivity contribution in [3.05, 3.63) is 89.7 Å². The van der Waals surface area contributed by atoms with E-state index in [-0.39, 0.29) is 11.3 Å². The lowest BCUT2D eigenvalue weighted by Crippen LogP contribution is -2.02. The number of para-hydroxylation sites is 1. The quantitative estimate of drug-likeness (QED) is 0.695. The second-order valence-corrected chi connectivity index (χ2v) is 5.27. The fourth-order valence-electron chi connectivity index (χ4n) is 2.24. The highest BCUT2D eigenvalue weighted by Crippen LogP contribution is 2.29. The van der Waals surface area contributed by atoms with Gasteiger partial charge in [-0.2, -0.15) is 0 Å². The monoisotopic (exact) mass is 338 g/mol. The second-order valence-electron chi connectivity index (χ2n) is 5.27. The van der Waals surface area contributed by atoms with Gasteiger partial charge in [0.25, 0.3) is 0 Å². The maximum Gasteiger partial charge on any atom is 0.339 e. The van der Waals surface area contributed by atoms with E-state index in [1.807, 2.05) is 30.3 Å². The van der Waals surface area contributed by atoms with Crippen molar-refractivity contribution in [3.63, 3.8) is 0 Å². The Labute approximate surface area is 144 Å². The number of rotatable bonds is 6. The summed E-state index contributed by atoms with van der Waals surface area (Å²) in [5.74, 6) is -1.35. The number of carboxylic acids is 1. The molecule has 0 spiro atoms. The molecule has 1 N–H and O–H groups in total. The Morgan fingerprint density at radius 2 is 1.56 bits per heavy atom. The molecule has 126 valence electrons. The molecule has 0 bridgehead atoms. The molecule has 0 aliphatic carbocycles. The Bertz CT molecular complexity index is 861. The minimum absolute atomic E-state index is 0.232. The van der Waals surface area contributed by atoms with Crippen molar-refractivity contribution >= 4 is 5.97 Å². The van der Waals surface area contributed by atoms with E-state index in [0.717, 1.165) is 11.6 Å². The summed E-state index contributed by atoms with van der Waals surface area (Å²) in [6.45, 7) is 0.428. The largest absolute Gasteiger partial charge is 0.489 e. The van der Waals surface area contributed by atoms with Gasteiger partial charge in [0.05, 0.1) is 0 Å². The van der Waals surface area contributed by atoms with Gasteiger partial charge in [0.15, 0.2) is 11.6 Å². The third-order valence-electron chi connectivity index (χ3n) is 3.49. The molecule has 0 fully saturated rings. The zero-order valence-corrected chi connectivity index (χ0v) is 13.2. The zero-order chi connectivity index (χ0) is 17.6. The first-order valence-electron chi connectivity index (χ1n) is 7.60. The van der Waals surface area contributed by atoms with Crippen LogP contribution < -0.4 is 9.47 Å². The first-order valence-corrected chi connectivity index (χ1v) is 7.60. The Hall–Kier alpha value is -3.34. The van der Waals surface area contributed by atoms with Crippen molar-refractivity contribution < 1.29 is 23.8 Å². The highest BCUT2D eigenvalue weighted by Gasteiger charge is 2.16. The van der Waals surface area contributed by atoms with Crippen LogP contribution in [-0.2, 0) is 6.61 Å². The Morgan fingerprint density at radius 1 is 0.880 bits per heavy atom. The number of ether oxygens (including phenoxy) is 2.